The number of hydrogen-bond acceptors (Lipinski definition) is 3. The van der Waals surface area contributed by atoms with Gasteiger partial charge in [0.25, 0.3) is 0 Å². The van der Waals surface area contributed by atoms with Crippen molar-refractivity contribution in [1.29, 1.82) is 0 Å². The van der Waals surface area contributed by atoms with Crippen molar-refractivity contribution in [2.75, 3.05) is 13.2 Å². The second-order valence-electron chi connectivity index (χ2n) is 7.35. The Morgan fingerprint density at radius 2 is 1.69 bits per heavy atom. The van der Waals surface area contributed by atoms with Crippen LogP contribution in [0.3, 0.4) is 0 Å². The number of nitrogens with zero attached hydrogens (tertiary/aromatic N) is 1. The molecule has 0 bridgehead atoms. The number of rotatable bonds is 10. The minimum absolute atomic E-state index is 0.0237. The maximum absolute atomic E-state index is 6.84. The summed E-state index contributed by atoms with van der Waals surface area (Å²) < 4.78 is 12.3. The molecule has 0 amide bonds. The van der Waals surface area contributed by atoms with Gasteiger partial charge < -0.3 is 9.16 Å². The summed E-state index contributed by atoms with van der Waals surface area (Å²) in [6.07, 6.45) is 9.03. The summed E-state index contributed by atoms with van der Waals surface area (Å²) in [7, 11) is -1.76. The SMILES string of the molecule is CC[Si](CC)(CC)OC(CCCC1CCOCC1)c1c(Cl)cncc1Cl. The molecule has 0 saturated carbocycles. The summed E-state index contributed by atoms with van der Waals surface area (Å²) in [5, 5.41) is 1.25. The lowest BCUT2D eigenvalue weighted by atomic mass is 9.92. The maximum Gasteiger partial charge on any atom is 0.192 e. The summed E-state index contributed by atoms with van der Waals surface area (Å²) in [5.74, 6) is 0.776. The highest BCUT2D eigenvalue weighted by atomic mass is 35.5. The Morgan fingerprint density at radius 3 is 2.23 bits per heavy atom. The minimum Gasteiger partial charge on any atom is -0.410 e. The Bertz CT molecular complexity index is 520. The normalized spacial score (nSPS) is 17.4. The van der Waals surface area contributed by atoms with Gasteiger partial charge in [0.15, 0.2) is 8.32 Å². The number of aromatic nitrogens is 1. The molecule has 1 aliphatic heterocycles. The Hall–Kier alpha value is -0.133. The fourth-order valence-corrected chi connectivity index (χ4v) is 7.37. The van der Waals surface area contributed by atoms with E-state index in [1.807, 2.05) is 0 Å². The van der Waals surface area contributed by atoms with Crippen molar-refractivity contribution in [3.05, 3.63) is 28.0 Å². The van der Waals surface area contributed by atoms with Gasteiger partial charge in [-0.3, -0.25) is 4.98 Å². The van der Waals surface area contributed by atoms with E-state index in [1.54, 1.807) is 12.4 Å². The second-order valence-corrected chi connectivity index (χ2v) is 12.9. The number of halogens is 2. The van der Waals surface area contributed by atoms with Crippen LogP contribution in [0.2, 0.25) is 28.2 Å². The summed E-state index contributed by atoms with van der Waals surface area (Å²) >= 11 is 13.0. The third-order valence-corrected chi connectivity index (χ3v) is 11.2. The first kappa shape index (κ1) is 22.2. The second kappa shape index (κ2) is 11.0. The predicted molar refractivity (Wildman–Crippen MR) is 113 cm³/mol. The largest absolute Gasteiger partial charge is 0.410 e. The van der Waals surface area contributed by atoms with E-state index in [9.17, 15) is 0 Å². The fraction of sp³-hybridized carbons (Fsp3) is 0.750. The minimum atomic E-state index is -1.76. The van der Waals surface area contributed by atoms with E-state index in [1.165, 1.54) is 19.3 Å². The van der Waals surface area contributed by atoms with Crippen molar-refractivity contribution in [3.8, 4) is 0 Å². The predicted octanol–water partition coefficient (Wildman–Crippen LogP) is 7.05. The Morgan fingerprint density at radius 1 is 1.12 bits per heavy atom. The van der Waals surface area contributed by atoms with Crippen molar-refractivity contribution in [1.82, 2.24) is 4.98 Å². The standard InChI is InChI=1S/C20H33Cl2NO2Si/c1-4-26(5-2,6-3)25-19(20-17(21)14-23-15-18(20)22)9-7-8-16-10-12-24-13-11-16/h14-16,19H,4-13H2,1-3H3. The lowest BCUT2D eigenvalue weighted by Gasteiger charge is -2.34. The third kappa shape index (κ3) is 5.93. The van der Waals surface area contributed by atoms with Crippen LogP contribution in [0, 0.1) is 5.92 Å². The molecule has 1 aromatic heterocycles. The zero-order valence-corrected chi connectivity index (χ0v) is 18.9. The Kier molecular flexibility index (Phi) is 9.38. The zero-order valence-electron chi connectivity index (χ0n) is 16.4. The average molecular weight is 418 g/mol. The maximum atomic E-state index is 6.84. The Labute approximate surface area is 169 Å². The van der Waals surface area contributed by atoms with E-state index >= 15 is 0 Å². The highest BCUT2D eigenvalue weighted by Gasteiger charge is 2.34. The summed E-state index contributed by atoms with van der Waals surface area (Å²) in [6.45, 7) is 8.59. The van der Waals surface area contributed by atoms with Gasteiger partial charge in [0, 0.05) is 31.2 Å². The van der Waals surface area contributed by atoms with E-state index in [-0.39, 0.29) is 6.10 Å². The summed E-state index contributed by atoms with van der Waals surface area (Å²) in [6, 6.07) is 3.37. The molecule has 148 valence electrons. The van der Waals surface area contributed by atoms with E-state index < -0.39 is 8.32 Å². The monoisotopic (exact) mass is 417 g/mol. The molecule has 0 N–H and O–H groups in total. The van der Waals surface area contributed by atoms with E-state index in [0.717, 1.165) is 55.7 Å². The van der Waals surface area contributed by atoms with Crippen molar-refractivity contribution >= 4 is 31.5 Å². The van der Waals surface area contributed by atoms with Crippen LogP contribution in [0.4, 0.5) is 0 Å². The molecular weight excluding hydrogens is 385 g/mol. The van der Waals surface area contributed by atoms with Gasteiger partial charge in [0.2, 0.25) is 0 Å². The van der Waals surface area contributed by atoms with Gasteiger partial charge in [-0.2, -0.15) is 0 Å². The van der Waals surface area contributed by atoms with Crippen LogP contribution in [0.15, 0.2) is 12.4 Å². The highest BCUT2D eigenvalue weighted by Crippen LogP contribution is 2.39. The molecule has 2 rings (SSSR count). The molecule has 3 nitrogen and oxygen atoms in total. The van der Waals surface area contributed by atoms with E-state index in [2.05, 4.69) is 25.8 Å². The molecule has 26 heavy (non-hydrogen) atoms. The number of pyridine rings is 1. The van der Waals surface area contributed by atoms with Crippen LogP contribution < -0.4 is 0 Å². The van der Waals surface area contributed by atoms with Crippen molar-refractivity contribution in [2.24, 2.45) is 5.92 Å². The lowest BCUT2D eigenvalue weighted by molar-refractivity contribution is 0.0617. The number of hydrogen-bond donors (Lipinski definition) is 0. The molecule has 1 saturated heterocycles. The van der Waals surface area contributed by atoms with Crippen molar-refractivity contribution in [2.45, 2.75) is 77.1 Å². The van der Waals surface area contributed by atoms with Gasteiger partial charge in [-0.05, 0) is 43.3 Å². The van der Waals surface area contributed by atoms with Gasteiger partial charge in [-0.1, -0.05) is 56.8 Å². The van der Waals surface area contributed by atoms with Crippen LogP contribution >= 0.6 is 23.2 Å². The fourth-order valence-electron chi connectivity index (χ4n) is 3.92. The molecule has 1 aromatic rings. The molecule has 1 unspecified atom stereocenters. The van der Waals surface area contributed by atoms with Crippen LogP contribution in [-0.4, -0.2) is 26.5 Å². The molecule has 0 aromatic carbocycles. The summed E-state index contributed by atoms with van der Waals surface area (Å²) in [4.78, 5) is 4.12. The van der Waals surface area contributed by atoms with Crippen LogP contribution in [0.1, 0.15) is 64.5 Å². The zero-order chi connectivity index (χ0) is 19.0. The van der Waals surface area contributed by atoms with Gasteiger partial charge >= 0.3 is 0 Å². The quantitative estimate of drug-likeness (QED) is 0.382. The first-order valence-corrected chi connectivity index (χ1v) is 13.4. The van der Waals surface area contributed by atoms with Gasteiger partial charge in [-0.25, -0.2) is 0 Å². The lowest BCUT2D eigenvalue weighted by Crippen LogP contribution is -2.37. The Balaban J connectivity index is 2.12. The van der Waals surface area contributed by atoms with Crippen molar-refractivity contribution < 1.29 is 9.16 Å². The molecule has 6 heteroatoms. The molecule has 1 aliphatic rings. The van der Waals surface area contributed by atoms with Gasteiger partial charge in [0.05, 0.1) is 16.1 Å². The van der Waals surface area contributed by atoms with Gasteiger partial charge in [-0.15, -0.1) is 0 Å². The average Bonchev–Trinajstić information content (AvgIpc) is 2.66. The molecule has 0 spiro atoms. The van der Waals surface area contributed by atoms with E-state index in [4.69, 9.17) is 32.4 Å². The smallest absolute Gasteiger partial charge is 0.192 e. The molecular formula is C20H33Cl2NO2Si. The molecule has 2 heterocycles. The third-order valence-electron chi connectivity index (χ3n) is 5.96. The molecule has 0 aliphatic carbocycles. The first-order valence-electron chi connectivity index (χ1n) is 10.1. The molecule has 0 radical (unpaired) electrons. The number of ether oxygens (including phenoxy) is 1. The highest BCUT2D eigenvalue weighted by molar-refractivity contribution is 6.73. The molecule has 1 atom stereocenters. The van der Waals surface area contributed by atoms with Crippen LogP contribution in [0.5, 0.6) is 0 Å². The van der Waals surface area contributed by atoms with Crippen LogP contribution in [-0.2, 0) is 9.16 Å². The van der Waals surface area contributed by atoms with Crippen molar-refractivity contribution in [3.63, 3.8) is 0 Å². The van der Waals surface area contributed by atoms with E-state index in [0.29, 0.717) is 10.0 Å². The van der Waals surface area contributed by atoms with Gasteiger partial charge in [0.1, 0.15) is 0 Å². The van der Waals surface area contributed by atoms with Crippen LogP contribution in [0.25, 0.3) is 0 Å². The topological polar surface area (TPSA) is 31.4 Å². The summed E-state index contributed by atoms with van der Waals surface area (Å²) in [5.41, 5.74) is 0.933. The molecule has 1 fully saturated rings. The first-order chi connectivity index (χ1) is 12.5.